The SMILES string of the molecule is Cc1cc(CCCO)cc(F)c1F. The van der Waals surface area contributed by atoms with E-state index in [2.05, 4.69) is 0 Å². The first-order chi connectivity index (χ1) is 6.15. The first-order valence-electron chi connectivity index (χ1n) is 4.20. The predicted molar refractivity (Wildman–Crippen MR) is 46.5 cm³/mol. The number of aliphatic hydroxyl groups excluding tert-OH is 1. The highest BCUT2D eigenvalue weighted by Crippen LogP contribution is 2.15. The summed E-state index contributed by atoms with van der Waals surface area (Å²) in [5.74, 6) is -1.60. The summed E-state index contributed by atoms with van der Waals surface area (Å²) in [6.45, 7) is 1.60. The van der Waals surface area contributed by atoms with Crippen molar-refractivity contribution in [2.75, 3.05) is 6.61 Å². The quantitative estimate of drug-likeness (QED) is 0.767. The second kappa shape index (κ2) is 4.33. The van der Waals surface area contributed by atoms with Crippen LogP contribution in [-0.4, -0.2) is 11.7 Å². The molecule has 3 heteroatoms. The van der Waals surface area contributed by atoms with Gasteiger partial charge in [-0.15, -0.1) is 0 Å². The summed E-state index contributed by atoms with van der Waals surface area (Å²) in [6.07, 6.45) is 1.15. The highest BCUT2D eigenvalue weighted by atomic mass is 19.2. The first-order valence-corrected chi connectivity index (χ1v) is 4.20. The van der Waals surface area contributed by atoms with Gasteiger partial charge in [0.25, 0.3) is 0 Å². The number of aryl methyl sites for hydroxylation is 2. The lowest BCUT2D eigenvalue weighted by Gasteiger charge is -2.03. The summed E-state index contributed by atoms with van der Waals surface area (Å²) in [5, 5.41) is 8.55. The van der Waals surface area contributed by atoms with Gasteiger partial charge in [0.05, 0.1) is 0 Å². The number of hydrogen-bond donors (Lipinski definition) is 1. The van der Waals surface area contributed by atoms with Crippen molar-refractivity contribution in [3.8, 4) is 0 Å². The van der Waals surface area contributed by atoms with E-state index in [0.717, 1.165) is 5.56 Å². The molecule has 0 fully saturated rings. The minimum atomic E-state index is -0.812. The number of benzene rings is 1. The van der Waals surface area contributed by atoms with Crippen molar-refractivity contribution >= 4 is 0 Å². The molecule has 0 aromatic heterocycles. The normalized spacial score (nSPS) is 10.5. The molecular weight excluding hydrogens is 174 g/mol. The highest BCUT2D eigenvalue weighted by molar-refractivity contribution is 5.25. The molecule has 1 rings (SSSR count). The van der Waals surface area contributed by atoms with Gasteiger partial charge in [-0.25, -0.2) is 8.78 Å². The van der Waals surface area contributed by atoms with E-state index in [1.165, 1.54) is 13.0 Å². The van der Waals surface area contributed by atoms with Crippen molar-refractivity contribution in [3.05, 3.63) is 34.9 Å². The second-order valence-corrected chi connectivity index (χ2v) is 3.04. The van der Waals surface area contributed by atoms with Crippen molar-refractivity contribution in [2.45, 2.75) is 19.8 Å². The van der Waals surface area contributed by atoms with Crippen molar-refractivity contribution in [1.82, 2.24) is 0 Å². The van der Waals surface area contributed by atoms with Crippen molar-refractivity contribution in [3.63, 3.8) is 0 Å². The largest absolute Gasteiger partial charge is 0.396 e. The Bertz CT molecular complexity index is 274. The van der Waals surface area contributed by atoms with Crippen LogP contribution in [-0.2, 0) is 6.42 Å². The molecular formula is C10H12F2O. The van der Waals surface area contributed by atoms with Crippen LogP contribution in [0.15, 0.2) is 12.1 Å². The van der Waals surface area contributed by atoms with Crippen LogP contribution >= 0.6 is 0 Å². The van der Waals surface area contributed by atoms with Gasteiger partial charge in [0.15, 0.2) is 11.6 Å². The van der Waals surface area contributed by atoms with Crippen LogP contribution in [0.5, 0.6) is 0 Å². The summed E-state index contributed by atoms with van der Waals surface area (Å²) in [5.41, 5.74) is 1.04. The van der Waals surface area contributed by atoms with Crippen LogP contribution in [0.25, 0.3) is 0 Å². The van der Waals surface area contributed by atoms with E-state index in [0.29, 0.717) is 18.4 Å². The average molecular weight is 186 g/mol. The van der Waals surface area contributed by atoms with E-state index in [4.69, 9.17) is 5.11 Å². The molecule has 0 spiro atoms. The molecule has 0 atom stereocenters. The van der Waals surface area contributed by atoms with E-state index < -0.39 is 11.6 Å². The Hall–Kier alpha value is -0.960. The molecule has 72 valence electrons. The summed E-state index contributed by atoms with van der Waals surface area (Å²) >= 11 is 0. The molecule has 1 N–H and O–H groups in total. The second-order valence-electron chi connectivity index (χ2n) is 3.04. The molecule has 1 aromatic rings. The van der Waals surface area contributed by atoms with E-state index in [1.807, 2.05) is 0 Å². The Labute approximate surface area is 76.0 Å². The summed E-state index contributed by atoms with van der Waals surface area (Å²) in [4.78, 5) is 0. The standard InChI is InChI=1S/C10H12F2O/c1-7-5-8(3-2-4-13)6-9(11)10(7)12/h5-6,13H,2-4H2,1H3. The predicted octanol–water partition coefficient (Wildman–Crippen LogP) is 2.20. The summed E-state index contributed by atoms with van der Waals surface area (Å²) < 4.78 is 25.6. The molecule has 0 aliphatic heterocycles. The molecule has 0 radical (unpaired) electrons. The number of hydrogen-bond acceptors (Lipinski definition) is 1. The van der Waals surface area contributed by atoms with E-state index in [9.17, 15) is 8.78 Å². The fourth-order valence-electron chi connectivity index (χ4n) is 1.23. The molecule has 13 heavy (non-hydrogen) atoms. The Morgan fingerprint density at radius 2 is 2.00 bits per heavy atom. The average Bonchev–Trinajstić information content (AvgIpc) is 2.10. The summed E-state index contributed by atoms with van der Waals surface area (Å²) in [6, 6.07) is 2.78. The van der Waals surface area contributed by atoms with Gasteiger partial charge >= 0.3 is 0 Å². The number of aliphatic hydroxyl groups is 1. The highest BCUT2D eigenvalue weighted by Gasteiger charge is 2.06. The monoisotopic (exact) mass is 186 g/mol. The fraction of sp³-hybridized carbons (Fsp3) is 0.400. The lowest BCUT2D eigenvalue weighted by Crippen LogP contribution is -1.95. The van der Waals surface area contributed by atoms with Crippen molar-refractivity contribution < 1.29 is 13.9 Å². The molecule has 0 amide bonds. The maximum absolute atomic E-state index is 12.8. The molecule has 0 saturated carbocycles. The number of rotatable bonds is 3. The summed E-state index contributed by atoms with van der Waals surface area (Å²) in [7, 11) is 0. The van der Waals surface area contributed by atoms with Crippen LogP contribution in [0.1, 0.15) is 17.5 Å². The minimum absolute atomic E-state index is 0.0675. The molecule has 1 aromatic carbocycles. The lowest BCUT2D eigenvalue weighted by molar-refractivity contribution is 0.288. The number of halogens is 2. The molecule has 0 saturated heterocycles. The van der Waals surface area contributed by atoms with Gasteiger partial charge in [0, 0.05) is 6.61 Å². The van der Waals surface area contributed by atoms with E-state index >= 15 is 0 Å². The van der Waals surface area contributed by atoms with E-state index in [-0.39, 0.29) is 6.61 Å². The van der Waals surface area contributed by atoms with Crippen LogP contribution in [0, 0.1) is 18.6 Å². The molecule has 0 bridgehead atoms. The Kier molecular flexibility index (Phi) is 3.37. The van der Waals surface area contributed by atoms with Gasteiger partial charge < -0.3 is 5.11 Å². The van der Waals surface area contributed by atoms with Crippen LogP contribution in [0.4, 0.5) is 8.78 Å². The fourth-order valence-corrected chi connectivity index (χ4v) is 1.23. The zero-order chi connectivity index (χ0) is 9.84. The third-order valence-corrected chi connectivity index (χ3v) is 1.89. The first kappa shape index (κ1) is 10.1. The zero-order valence-corrected chi connectivity index (χ0v) is 7.48. The minimum Gasteiger partial charge on any atom is -0.396 e. The molecule has 0 heterocycles. The third-order valence-electron chi connectivity index (χ3n) is 1.89. The molecule has 0 aliphatic rings. The maximum Gasteiger partial charge on any atom is 0.161 e. The lowest BCUT2D eigenvalue weighted by atomic mass is 10.1. The topological polar surface area (TPSA) is 20.2 Å². The maximum atomic E-state index is 12.8. The van der Waals surface area contributed by atoms with Gasteiger partial charge in [-0.2, -0.15) is 0 Å². The van der Waals surface area contributed by atoms with Crippen LogP contribution < -0.4 is 0 Å². The van der Waals surface area contributed by atoms with Gasteiger partial charge in [0.1, 0.15) is 0 Å². The van der Waals surface area contributed by atoms with Gasteiger partial charge in [0.2, 0.25) is 0 Å². The molecule has 0 unspecified atom stereocenters. The smallest absolute Gasteiger partial charge is 0.161 e. The van der Waals surface area contributed by atoms with Gasteiger partial charge in [-0.1, -0.05) is 6.07 Å². The van der Waals surface area contributed by atoms with Crippen molar-refractivity contribution in [2.24, 2.45) is 0 Å². The van der Waals surface area contributed by atoms with Crippen LogP contribution in [0.2, 0.25) is 0 Å². The zero-order valence-electron chi connectivity index (χ0n) is 7.48. The van der Waals surface area contributed by atoms with Crippen molar-refractivity contribution in [1.29, 1.82) is 0 Å². The van der Waals surface area contributed by atoms with Gasteiger partial charge in [-0.05, 0) is 37.0 Å². The Balaban J connectivity index is 2.86. The molecule has 1 nitrogen and oxygen atoms in total. The third kappa shape index (κ3) is 2.49. The van der Waals surface area contributed by atoms with Crippen LogP contribution in [0.3, 0.4) is 0 Å². The van der Waals surface area contributed by atoms with Gasteiger partial charge in [-0.3, -0.25) is 0 Å². The van der Waals surface area contributed by atoms with E-state index in [1.54, 1.807) is 6.07 Å². The Morgan fingerprint density at radius 1 is 1.31 bits per heavy atom. The Morgan fingerprint density at radius 3 is 2.54 bits per heavy atom. The molecule has 0 aliphatic carbocycles.